The van der Waals surface area contributed by atoms with Crippen molar-refractivity contribution >= 4 is 11.0 Å². The molecule has 3 nitrogen and oxygen atoms in total. The number of nitrogens with zero attached hydrogens (tertiary/aromatic N) is 2. The monoisotopic (exact) mass is 167 g/mol. The van der Waals surface area contributed by atoms with Gasteiger partial charge in [0.05, 0.1) is 17.4 Å². The van der Waals surface area contributed by atoms with Crippen LogP contribution < -0.4 is 0 Å². The fraction of sp³-hybridized carbons (Fsp3) is 0. The summed E-state index contributed by atoms with van der Waals surface area (Å²) in [5.41, 5.74) is 2.52. The third kappa shape index (κ3) is 1.23. The van der Waals surface area contributed by atoms with Crippen LogP contribution in [0.5, 0.6) is 0 Å². The molecule has 0 spiro atoms. The molecule has 0 aliphatic carbocycles. The van der Waals surface area contributed by atoms with Gasteiger partial charge in [0.2, 0.25) is 0 Å². The summed E-state index contributed by atoms with van der Waals surface area (Å²) in [6.45, 7) is 0. The molecule has 3 heteroatoms. The molecule has 1 heterocycles. The lowest BCUT2D eigenvalue weighted by molar-refractivity contribution is 1.34. The van der Waals surface area contributed by atoms with Crippen LogP contribution >= 0.6 is 0 Å². The second kappa shape index (κ2) is 3.00. The highest BCUT2D eigenvalue weighted by Crippen LogP contribution is 2.12. The first-order chi connectivity index (χ1) is 6.42. The number of nitriles is 1. The fourth-order valence-corrected chi connectivity index (χ4v) is 1.16. The lowest BCUT2D eigenvalue weighted by Gasteiger charge is -1.90. The van der Waals surface area contributed by atoms with Crippen LogP contribution in [0.15, 0.2) is 24.5 Å². The first-order valence-electron chi connectivity index (χ1n) is 3.74. The van der Waals surface area contributed by atoms with E-state index < -0.39 is 0 Å². The van der Waals surface area contributed by atoms with Crippen molar-refractivity contribution in [3.05, 3.63) is 30.1 Å². The van der Waals surface area contributed by atoms with Crippen LogP contribution in [0.4, 0.5) is 0 Å². The number of hydrogen-bond acceptors (Lipinski definition) is 2. The maximum atomic E-state index is 8.30. The molecule has 0 saturated heterocycles. The van der Waals surface area contributed by atoms with E-state index in [1.807, 2.05) is 18.2 Å². The maximum absolute atomic E-state index is 8.30. The van der Waals surface area contributed by atoms with Gasteiger partial charge in [0.15, 0.2) is 6.07 Å². The van der Waals surface area contributed by atoms with Gasteiger partial charge in [0.1, 0.15) is 5.52 Å². The minimum Gasteiger partial charge on any atom is -0.345 e. The number of rotatable bonds is 0. The summed E-state index contributed by atoms with van der Waals surface area (Å²) in [5.74, 6) is 5.08. The average molecular weight is 167 g/mol. The summed E-state index contributed by atoms with van der Waals surface area (Å²) in [4.78, 5) is 7.08. The van der Waals surface area contributed by atoms with Gasteiger partial charge in [-0.1, -0.05) is 6.07 Å². The van der Waals surface area contributed by atoms with Crippen molar-refractivity contribution in [2.45, 2.75) is 0 Å². The lowest BCUT2D eigenvalue weighted by atomic mass is 10.2. The number of fused-ring (bicyclic) bond motifs is 1. The third-order valence-electron chi connectivity index (χ3n) is 1.70. The van der Waals surface area contributed by atoms with Gasteiger partial charge in [-0.2, -0.15) is 5.26 Å². The standard InChI is InChI=1S/C10H5N3/c11-6-2-4-8-3-1-5-9-10(8)13-7-12-9/h1,3,5,7H,(H,12,13). The van der Waals surface area contributed by atoms with Gasteiger partial charge in [-0.25, -0.2) is 4.98 Å². The summed E-state index contributed by atoms with van der Waals surface area (Å²) in [7, 11) is 0. The Morgan fingerprint density at radius 1 is 1.38 bits per heavy atom. The van der Waals surface area contributed by atoms with E-state index in [2.05, 4.69) is 21.8 Å². The predicted octanol–water partition coefficient (Wildman–Crippen LogP) is 1.44. The quantitative estimate of drug-likeness (QED) is 0.603. The molecule has 2 rings (SSSR count). The largest absolute Gasteiger partial charge is 0.345 e. The molecule has 0 bridgehead atoms. The number of H-pyrrole nitrogens is 1. The molecule has 1 aromatic carbocycles. The second-order valence-corrected chi connectivity index (χ2v) is 2.47. The highest BCUT2D eigenvalue weighted by molar-refractivity contribution is 5.81. The SMILES string of the molecule is N#CC#Cc1cccc2[nH]cnc12. The van der Waals surface area contributed by atoms with E-state index in [1.54, 1.807) is 12.4 Å². The molecule has 60 valence electrons. The van der Waals surface area contributed by atoms with Gasteiger partial charge < -0.3 is 4.98 Å². The first kappa shape index (κ1) is 7.39. The number of hydrogen-bond donors (Lipinski definition) is 1. The van der Waals surface area contributed by atoms with E-state index in [9.17, 15) is 0 Å². The lowest BCUT2D eigenvalue weighted by Crippen LogP contribution is -1.77. The van der Waals surface area contributed by atoms with E-state index in [4.69, 9.17) is 5.26 Å². The topological polar surface area (TPSA) is 52.5 Å². The van der Waals surface area contributed by atoms with Gasteiger partial charge in [-0.3, -0.25) is 0 Å². The van der Waals surface area contributed by atoms with Gasteiger partial charge in [0, 0.05) is 5.92 Å². The van der Waals surface area contributed by atoms with E-state index >= 15 is 0 Å². The molecular formula is C10H5N3. The van der Waals surface area contributed by atoms with Crippen LogP contribution in [-0.2, 0) is 0 Å². The molecule has 13 heavy (non-hydrogen) atoms. The normalized spacial score (nSPS) is 8.85. The summed E-state index contributed by atoms with van der Waals surface area (Å²) in [6.07, 6.45) is 1.61. The van der Waals surface area contributed by atoms with E-state index in [1.165, 1.54) is 0 Å². The van der Waals surface area contributed by atoms with Gasteiger partial charge >= 0.3 is 0 Å². The van der Waals surface area contributed by atoms with E-state index in [0.29, 0.717) is 0 Å². The molecule has 0 atom stereocenters. The van der Waals surface area contributed by atoms with Crippen molar-refractivity contribution in [3.63, 3.8) is 0 Å². The number of para-hydroxylation sites is 1. The highest BCUT2D eigenvalue weighted by Gasteiger charge is 1.98. The minimum atomic E-state index is 0.778. The molecule has 0 unspecified atom stereocenters. The zero-order valence-corrected chi connectivity index (χ0v) is 6.70. The average Bonchev–Trinajstić information content (AvgIpc) is 2.62. The Balaban J connectivity index is 2.69. The van der Waals surface area contributed by atoms with Gasteiger partial charge in [-0.15, -0.1) is 0 Å². The van der Waals surface area contributed by atoms with Crippen LogP contribution in [0.1, 0.15) is 5.56 Å². The summed E-state index contributed by atoms with van der Waals surface area (Å²) >= 11 is 0. The summed E-state index contributed by atoms with van der Waals surface area (Å²) in [6, 6.07) is 7.41. The summed E-state index contributed by atoms with van der Waals surface area (Å²) < 4.78 is 0. The fourth-order valence-electron chi connectivity index (χ4n) is 1.16. The molecule has 0 radical (unpaired) electrons. The molecule has 1 aromatic heterocycles. The Labute approximate surface area is 75.0 Å². The molecular weight excluding hydrogens is 162 g/mol. The number of aromatic nitrogens is 2. The highest BCUT2D eigenvalue weighted by atomic mass is 14.9. The Kier molecular flexibility index (Phi) is 1.71. The Bertz CT molecular complexity index is 534. The van der Waals surface area contributed by atoms with E-state index in [-0.39, 0.29) is 0 Å². The zero-order valence-electron chi connectivity index (χ0n) is 6.70. The molecule has 0 saturated carbocycles. The minimum absolute atomic E-state index is 0.778. The Morgan fingerprint density at radius 3 is 3.15 bits per heavy atom. The van der Waals surface area contributed by atoms with Crippen LogP contribution in [-0.4, -0.2) is 9.97 Å². The Morgan fingerprint density at radius 2 is 2.31 bits per heavy atom. The molecule has 0 aliphatic rings. The van der Waals surface area contributed by atoms with Crippen LogP contribution in [0, 0.1) is 23.2 Å². The van der Waals surface area contributed by atoms with E-state index in [0.717, 1.165) is 16.6 Å². The number of nitrogens with one attached hydrogen (secondary N) is 1. The number of benzene rings is 1. The van der Waals surface area contributed by atoms with Crippen molar-refractivity contribution in [2.75, 3.05) is 0 Å². The van der Waals surface area contributed by atoms with Crippen molar-refractivity contribution < 1.29 is 0 Å². The Hall–Kier alpha value is -2.26. The predicted molar refractivity (Wildman–Crippen MR) is 48.6 cm³/mol. The van der Waals surface area contributed by atoms with Crippen molar-refractivity contribution in [1.82, 2.24) is 9.97 Å². The number of aromatic amines is 1. The zero-order chi connectivity index (χ0) is 9.10. The van der Waals surface area contributed by atoms with Crippen molar-refractivity contribution in [1.29, 1.82) is 5.26 Å². The smallest absolute Gasteiger partial charge is 0.152 e. The van der Waals surface area contributed by atoms with Gasteiger partial charge in [0.25, 0.3) is 0 Å². The maximum Gasteiger partial charge on any atom is 0.152 e. The molecule has 1 N–H and O–H groups in total. The number of imidazole rings is 1. The van der Waals surface area contributed by atoms with Crippen molar-refractivity contribution in [3.8, 4) is 17.9 Å². The summed E-state index contributed by atoms with van der Waals surface area (Å²) in [5, 5.41) is 8.30. The van der Waals surface area contributed by atoms with Crippen LogP contribution in [0.25, 0.3) is 11.0 Å². The molecule has 0 amide bonds. The molecule has 0 aliphatic heterocycles. The first-order valence-corrected chi connectivity index (χ1v) is 3.74. The molecule has 2 aromatic rings. The van der Waals surface area contributed by atoms with Crippen molar-refractivity contribution in [2.24, 2.45) is 0 Å². The van der Waals surface area contributed by atoms with Crippen LogP contribution in [0.3, 0.4) is 0 Å². The third-order valence-corrected chi connectivity index (χ3v) is 1.70. The van der Waals surface area contributed by atoms with Crippen LogP contribution in [0.2, 0.25) is 0 Å². The second-order valence-electron chi connectivity index (χ2n) is 2.47. The molecule has 0 fully saturated rings. The van der Waals surface area contributed by atoms with Gasteiger partial charge in [-0.05, 0) is 18.1 Å².